The van der Waals surface area contributed by atoms with Crippen molar-refractivity contribution < 1.29 is 4.74 Å². The van der Waals surface area contributed by atoms with E-state index in [0.717, 1.165) is 43.6 Å². The van der Waals surface area contributed by atoms with E-state index in [1.165, 1.54) is 5.69 Å². The highest BCUT2D eigenvalue weighted by Gasteiger charge is 2.18. The normalized spacial score (nSPS) is 12.9. The highest BCUT2D eigenvalue weighted by Crippen LogP contribution is 2.25. The van der Waals surface area contributed by atoms with Gasteiger partial charge in [0.25, 0.3) is 0 Å². The van der Waals surface area contributed by atoms with E-state index in [-0.39, 0.29) is 0 Å². The highest BCUT2D eigenvalue weighted by molar-refractivity contribution is 9.10. The van der Waals surface area contributed by atoms with E-state index < -0.39 is 0 Å². The van der Waals surface area contributed by atoms with E-state index >= 15 is 0 Å². The molecule has 1 atom stereocenters. The molecule has 4 nitrogen and oxygen atoms in total. The minimum atomic E-state index is 0.299. The molecule has 0 aliphatic rings. The number of nitrogens with one attached hydrogen (secondary N) is 1. The van der Waals surface area contributed by atoms with E-state index in [0.29, 0.717) is 6.04 Å². The molecule has 1 aromatic rings. The Morgan fingerprint density at radius 3 is 2.83 bits per heavy atom. The van der Waals surface area contributed by atoms with Crippen LogP contribution in [0.4, 0.5) is 0 Å². The molecule has 0 aliphatic heterocycles. The summed E-state index contributed by atoms with van der Waals surface area (Å²) in [5.74, 6) is 0. The number of hydrogen-bond acceptors (Lipinski definition) is 3. The summed E-state index contributed by atoms with van der Waals surface area (Å²) in [5, 5.41) is 7.96. The van der Waals surface area contributed by atoms with E-state index in [1.54, 1.807) is 0 Å². The topological polar surface area (TPSA) is 39.1 Å². The Morgan fingerprint density at radius 1 is 1.44 bits per heavy atom. The van der Waals surface area contributed by atoms with Gasteiger partial charge in [0, 0.05) is 19.8 Å². The third-order valence-corrected chi connectivity index (χ3v) is 3.47. The summed E-state index contributed by atoms with van der Waals surface area (Å²) in [5.41, 5.74) is 1.23. The van der Waals surface area contributed by atoms with Gasteiger partial charge in [0.15, 0.2) is 0 Å². The zero-order chi connectivity index (χ0) is 13.4. The second-order valence-electron chi connectivity index (χ2n) is 4.19. The second kappa shape index (κ2) is 8.67. The van der Waals surface area contributed by atoms with Crippen LogP contribution in [0.1, 0.15) is 45.3 Å². The summed E-state index contributed by atoms with van der Waals surface area (Å²) in [6.45, 7) is 9.77. The van der Waals surface area contributed by atoms with Crippen molar-refractivity contribution >= 4 is 15.9 Å². The number of rotatable bonds is 9. The number of ether oxygens (including phenoxy) is 1. The Morgan fingerprint density at radius 2 is 2.22 bits per heavy atom. The molecule has 0 fully saturated rings. The van der Waals surface area contributed by atoms with Crippen molar-refractivity contribution in [2.45, 2.75) is 46.2 Å². The maximum atomic E-state index is 5.47. The van der Waals surface area contributed by atoms with Gasteiger partial charge in [-0.15, -0.1) is 0 Å². The van der Waals surface area contributed by atoms with Gasteiger partial charge in [-0.1, -0.05) is 6.92 Å². The maximum Gasteiger partial charge on any atom is 0.0696 e. The van der Waals surface area contributed by atoms with Crippen molar-refractivity contribution in [3.63, 3.8) is 0 Å². The SMILES string of the molecule is CCCNC(CCOCC)c1c(Br)cnn1CC. The Balaban J connectivity index is 2.75. The van der Waals surface area contributed by atoms with Gasteiger partial charge in [0.05, 0.1) is 22.4 Å². The van der Waals surface area contributed by atoms with Crippen LogP contribution in [0.25, 0.3) is 0 Å². The molecule has 0 saturated heterocycles. The molecule has 104 valence electrons. The standard InChI is InChI=1S/C13H24BrN3O/c1-4-8-15-12(7-9-18-6-3)13-11(14)10-16-17(13)5-2/h10,12,15H,4-9H2,1-3H3. The van der Waals surface area contributed by atoms with Crippen molar-refractivity contribution in [1.82, 2.24) is 15.1 Å². The molecule has 0 saturated carbocycles. The first-order chi connectivity index (χ1) is 8.74. The predicted molar refractivity (Wildman–Crippen MR) is 77.7 cm³/mol. The van der Waals surface area contributed by atoms with Gasteiger partial charge in [-0.3, -0.25) is 4.68 Å². The van der Waals surface area contributed by atoms with E-state index in [1.807, 2.05) is 17.8 Å². The summed E-state index contributed by atoms with van der Waals surface area (Å²) in [6, 6.07) is 0.299. The van der Waals surface area contributed by atoms with Crippen molar-refractivity contribution in [1.29, 1.82) is 0 Å². The second-order valence-corrected chi connectivity index (χ2v) is 5.04. The number of aryl methyl sites for hydroxylation is 1. The zero-order valence-corrected chi connectivity index (χ0v) is 13.2. The van der Waals surface area contributed by atoms with Gasteiger partial charge in [-0.2, -0.15) is 5.10 Å². The van der Waals surface area contributed by atoms with Crippen LogP contribution < -0.4 is 5.32 Å². The summed E-state index contributed by atoms with van der Waals surface area (Å²) in [6.07, 6.45) is 3.97. The summed E-state index contributed by atoms with van der Waals surface area (Å²) < 4.78 is 8.59. The molecule has 18 heavy (non-hydrogen) atoms. The average molecular weight is 318 g/mol. The van der Waals surface area contributed by atoms with Crippen LogP contribution >= 0.6 is 15.9 Å². The number of halogens is 1. The summed E-state index contributed by atoms with van der Waals surface area (Å²) in [7, 11) is 0. The van der Waals surface area contributed by atoms with Crippen LogP contribution in [0.15, 0.2) is 10.7 Å². The van der Waals surface area contributed by atoms with Crippen molar-refractivity contribution in [3.05, 3.63) is 16.4 Å². The summed E-state index contributed by atoms with van der Waals surface area (Å²) in [4.78, 5) is 0. The van der Waals surface area contributed by atoms with Gasteiger partial charge in [0.1, 0.15) is 0 Å². The molecule has 1 rings (SSSR count). The largest absolute Gasteiger partial charge is 0.382 e. The van der Waals surface area contributed by atoms with Crippen LogP contribution in [0.2, 0.25) is 0 Å². The van der Waals surface area contributed by atoms with Gasteiger partial charge in [0.2, 0.25) is 0 Å². The smallest absolute Gasteiger partial charge is 0.0696 e. The van der Waals surface area contributed by atoms with Crippen LogP contribution in [0.3, 0.4) is 0 Å². The third kappa shape index (κ3) is 4.37. The molecular weight excluding hydrogens is 294 g/mol. The first-order valence-electron chi connectivity index (χ1n) is 6.76. The summed E-state index contributed by atoms with van der Waals surface area (Å²) >= 11 is 3.60. The van der Waals surface area contributed by atoms with Gasteiger partial charge >= 0.3 is 0 Å². The first-order valence-corrected chi connectivity index (χ1v) is 7.56. The Bertz CT molecular complexity index is 341. The maximum absolute atomic E-state index is 5.47. The number of hydrogen-bond donors (Lipinski definition) is 1. The third-order valence-electron chi connectivity index (χ3n) is 2.86. The van der Waals surface area contributed by atoms with Gasteiger partial charge in [-0.25, -0.2) is 0 Å². The minimum Gasteiger partial charge on any atom is -0.382 e. The van der Waals surface area contributed by atoms with Crippen LogP contribution in [0.5, 0.6) is 0 Å². The number of nitrogens with zero attached hydrogens (tertiary/aromatic N) is 2. The van der Waals surface area contributed by atoms with Crippen molar-refractivity contribution in [3.8, 4) is 0 Å². The Hall–Kier alpha value is -0.390. The lowest BCUT2D eigenvalue weighted by Crippen LogP contribution is -2.26. The van der Waals surface area contributed by atoms with Crippen molar-refractivity contribution in [2.24, 2.45) is 0 Å². The van der Waals surface area contributed by atoms with Gasteiger partial charge in [-0.05, 0) is 49.2 Å². The molecule has 0 amide bonds. The Labute approximate surface area is 118 Å². The minimum absolute atomic E-state index is 0.299. The lowest BCUT2D eigenvalue weighted by Gasteiger charge is -2.20. The zero-order valence-electron chi connectivity index (χ0n) is 11.6. The van der Waals surface area contributed by atoms with E-state index in [9.17, 15) is 0 Å². The molecule has 0 bridgehead atoms. The molecule has 1 heterocycles. The molecule has 1 N–H and O–H groups in total. The highest BCUT2D eigenvalue weighted by atomic mass is 79.9. The van der Waals surface area contributed by atoms with Gasteiger partial charge < -0.3 is 10.1 Å². The molecule has 1 aromatic heterocycles. The lowest BCUT2D eigenvalue weighted by atomic mass is 10.1. The fourth-order valence-electron chi connectivity index (χ4n) is 1.97. The molecule has 0 aromatic carbocycles. The van der Waals surface area contributed by atoms with Crippen LogP contribution in [0, 0.1) is 0 Å². The van der Waals surface area contributed by atoms with E-state index in [4.69, 9.17) is 4.74 Å². The quantitative estimate of drug-likeness (QED) is 0.711. The molecular formula is C13H24BrN3O. The monoisotopic (exact) mass is 317 g/mol. The molecule has 0 radical (unpaired) electrons. The van der Waals surface area contributed by atoms with E-state index in [2.05, 4.69) is 40.2 Å². The Kier molecular flexibility index (Phi) is 7.54. The van der Waals surface area contributed by atoms with Crippen LogP contribution in [-0.4, -0.2) is 29.5 Å². The molecule has 5 heteroatoms. The molecule has 1 unspecified atom stereocenters. The molecule has 0 aliphatic carbocycles. The average Bonchev–Trinajstić information content (AvgIpc) is 2.75. The predicted octanol–water partition coefficient (Wildman–Crippen LogP) is 3.13. The fourth-order valence-corrected chi connectivity index (χ4v) is 2.54. The first kappa shape index (κ1) is 15.7. The lowest BCUT2D eigenvalue weighted by molar-refractivity contribution is 0.135. The molecule has 0 spiro atoms. The number of aromatic nitrogens is 2. The van der Waals surface area contributed by atoms with Crippen LogP contribution in [-0.2, 0) is 11.3 Å². The fraction of sp³-hybridized carbons (Fsp3) is 0.769. The van der Waals surface area contributed by atoms with Crippen molar-refractivity contribution in [2.75, 3.05) is 19.8 Å².